The molecule has 0 aliphatic heterocycles. The maximum absolute atomic E-state index is 12.3. The van der Waals surface area contributed by atoms with Crippen LogP contribution in [0.4, 0.5) is 5.69 Å². The van der Waals surface area contributed by atoms with Crippen LogP contribution in [0, 0.1) is 5.41 Å². The molecule has 22 heavy (non-hydrogen) atoms. The van der Waals surface area contributed by atoms with Gasteiger partial charge in [-0.15, -0.1) is 0 Å². The van der Waals surface area contributed by atoms with Gasteiger partial charge in [0.25, 0.3) is 0 Å². The Morgan fingerprint density at radius 1 is 1.18 bits per heavy atom. The zero-order valence-corrected chi connectivity index (χ0v) is 13.7. The van der Waals surface area contributed by atoms with Gasteiger partial charge in [0.2, 0.25) is 5.91 Å². The molecule has 0 bridgehead atoms. The average molecular weight is 310 g/mol. The van der Waals surface area contributed by atoms with Crippen LogP contribution >= 0.6 is 11.3 Å². The Morgan fingerprint density at radius 2 is 2.00 bits per heavy atom. The van der Waals surface area contributed by atoms with E-state index in [9.17, 15) is 4.79 Å². The summed E-state index contributed by atoms with van der Waals surface area (Å²) in [6.07, 6.45) is 1.76. The number of carbonyl (C=O) groups is 1. The summed E-state index contributed by atoms with van der Waals surface area (Å²) in [6, 6.07) is 10.0. The summed E-state index contributed by atoms with van der Waals surface area (Å²) in [6.45, 7) is 5.70. The molecule has 3 rings (SSSR count). The molecule has 2 heterocycles. The summed E-state index contributed by atoms with van der Waals surface area (Å²) < 4.78 is 0. The summed E-state index contributed by atoms with van der Waals surface area (Å²) in [5.41, 5.74) is 3.46. The van der Waals surface area contributed by atoms with Crippen LogP contribution in [0.2, 0.25) is 0 Å². The third-order valence-electron chi connectivity index (χ3n) is 3.53. The van der Waals surface area contributed by atoms with Crippen LogP contribution in [0.1, 0.15) is 20.8 Å². The van der Waals surface area contributed by atoms with Gasteiger partial charge in [0.15, 0.2) is 0 Å². The molecule has 0 saturated heterocycles. The van der Waals surface area contributed by atoms with E-state index in [-0.39, 0.29) is 5.91 Å². The standard InChI is InChI=1S/C18H18N2OS/c1-18(2,3)17(21)20-15-7-6-13(12-8-10-22-11-12)14-5-4-9-19-16(14)15/h4-11H,1-3H3,(H,20,21). The van der Waals surface area contributed by atoms with Gasteiger partial charge in [-0.25, -0.2) is 0 Å². The minimum Gasteiger partial charge on any atom is -0.324 e. The van der Waals surface area contributed by atoms with Crippen molar-refractivity contribution in [1.82, 2.24) is 4.98 Å². The number of hydrogen-bond donors (Lipinski definition) is 1. The molecule has 2 aromatic heterocycles. The Hall–Kier alpha value is -2.20. The summed E-state index contributed by atoms with van der Waals surface area (Å²) in [5, 5.41) is 8.23. The fraction of sp³-hybridized carbons (Fsp3) is 0.222. The van der Waals surface area contributed by atoms with Gasteiger partial charge >= 0.3 is 0 Å². The lowest BCUT2D eigenvalue weighted by atomic mass is 9.95. The summed E-state index contributed by atoms with van der Waals surface area (Å²) in [7, 11) is 0. The molecule has 112 valence electrons. The second kappa shape index (κ2) is 5.54. The highest BCUT2D eigenvalue weighted by Crippen LogP contribution is 2.33. The molecule has 0 radical (unpaired) electrons. The zero-order chi connectivity index (χ0) is 15.7. The minimum atomic E-state index is -0.437. The van der Waals surface area contributed by atoms with Crippen molar-refractivity contribution in [2.75, 3.05) is 5.32 Å². The molecule has 0 saturated carbocycles. The summed E-state index contributed by atoms with van der Waals surface area (Å²) >= 11 is 1.67. The Balaban J connectivity index is 2.11. The van der Waals surface area contributed by atoms with Crippen molar-refractivity contribution in [1.29, 1.82) is 0 Å². The third kappa shape index (κ3) is 2.74. The first-order chi connectivity index (χ1) is 10.5. The van der Waals surface area contributed by atoms with E-state index in [0.29, 0.717) is 0 Å². The molecule has 0 atom stereocenters. The van der Waals surface area contributed by atoms with Crippen molar-refractivity contribution < 1.29 is 4.79 Å². The second-order valence-electron chi connectivity index (χ2n) is 6.28. The molecule has 0 aliphatic carbocycles. The van der Waals surface area contributed by atoms with Crippen LogP contribution in [-0.4, -0.2) is 10.9 Å². The van der Waals surface area contributed by atoms with Crippen LogP contribution in [0.3, 0.4) is 0 Å². The fourth-order valence-corrected chi connectivity index (χ4v) is 2.91. The maximum atomic E-state index is 12.3. The van der Waals surface area contributed by atoms with E-state index in [4.69, 9.17) is 0 Å². The number of hydrogen-bond acceptors (Lipinski definition) is 3. The molecule has 1 aromatic carbocycles. The number of thiophene rings is 1. The average Bonchev–Trinajstić information content (AvgIpc) is 3.00. The van der Waals surface area contributed by atoms with Crippen molar-refractivity contribution in [3.8, 4) is 11.1 Å². The lowest BCUT2D eigenvalue weighted by molar-refractivity contribution is -0.123. The first kappa shape index (κ1) is 14.7. The quantitative estimate of drug-likeness (QED) is 0.728. The molecular weight excluding hydrogens is 292 g/mol. The van der Waals surface area contributed by atoms with Crippen LogP contribution in [0.25, 0.3) is 22.0 Å². The van der Waals surface area contributed by atoms with Crippen molar-refractivity contribution >= 4 is 33.8 Å². The molecule has 4 heteroatoms. The zero-order valence-electron chi connectivity index (χ0n) is 12.9. The van der Waals surface area contributed by atoms with E-state index in [1.807, 2.05) is 45.0 Å². The number of nitrogens with zero attached hydrogens (tertiary/aromatic N) is 1. The number of benzene rings is 1. The fourth-order valence-electron chi connectivity index (χ4n) is 2.25. The van der Waals surface area contributed by atoms with Gasteiger partial charge in [-0.3, -0.25) is 9.78 Å². The summed E-state index contributed by atoms with van der Waals surface area (Å²) in [4.78, 5) is 16.7. The van der Waals surface area contributed by atoms with Gasteiger partial charge in [0.1, 0.15) is 0 Å². The maximum Gasteiger partial charge on any atom is 0.229 e. The predicted octanol–water partition coefficient (Wildman–Crippen LogP) is 4.95. The highest BCUT2D eigenvalue weighted by atomic mass is 32.1. The van der Waals surface area contributed by atoms with Crippen LogP contribution in [0.5, 0.6) is 0 Å². The van der Waals surface area contributed by atoms with Gasteiger partial charge in [-0.2, -0.15) is 11.3 Å². The molecule has 1 amide bonds. The molecule has 0 aliphatic rings. The van der Waals surface area contributed by atoms with Crippen LogP contribution in [0.15, 0.2) is 47.3 Å². The molecular formula is C18H18N2OS. The lowest BCUT2D eigenvalue weighted by Gasteiger charge is -2.19. The van der Waals surface area contributed by atoms with E-state index >= 15 is 0 Å². The number of amides is 1. The van der Waals surface area contributed by atoms with E-state index in [2.05, 4.69) is 27.1 Å². The topological polar surface area (TPSA) is 42.0 Å². The number of fused-ring (bicyclic) bond motifs is 1. The first-order valence-corrected chi connectivity index (χ1v) is 8.13. The van der Waals surface area contributed by atoms with E-state index in [1.54, 1.807) is 17.5 Å². The number of pyridine rings is 1. The highest BCUT2D eigenvalue weighted by molar-refractivity contribution is 7.08. The van der Waals surface area contributed by atoms with E-state index in [0.717, 1.165) is 22.2 Å². The molecule has 1 N–H and O–H groups in total. The number of rotatable bonds is 2. The Morgan fingerprint density at radius 3 is 2.68 bits per heavy atom. The number of carbonyl (C=O) groups excluding carboxylic acids is 1. The Labute approximate surface area is 134 Å². The number of anilines is 1. The van der Waals surface area contributed by atoms with Crippen molar-refractivity contribution in [3.63, 3.8) is 0 Å². The van der Waals surface area contributed by atoms with Gasteiger partial charge < -0.3 is 5.32 Å². The van der Waals surface area contributed by atoms with Crippen LogP contribution < -0.4 is 5.32 Å². The molecule has 3 aromatic rings. The van der Waals surface area contributed by atoms with Crippen LogP contribution in [-0.2, 0) is 4.79 Å². The Kier molecular flexibility index (Phi) is 3.71. The number of nitrogens with one attached hydrogen (secondary N) is 1. The normalized spacial score (nSPS) is 11.6. The molecule has 0 unspecified atom stereocenters. The van der Waals surface area contributed by atoms with E-state index in [1.165, 1.54) is 5.56 Å². The first-order valence-electron chi connectivity index (χ1n) is 7.18. The van der Waals surface area contributed by atoms with Gasteiger partial charge in [-0.05, 0) is 40.1 Å². The van der Waals surface area contributed by atoms with Gasteiger partial charge in [0.05, 0.1) is 11.2 Å². The summed E-state index contributed by atoms with van der Waals surface area (Å²) in [5.74, 6) is -0.0114. The SMILES string of the molecule is CC(C)(C)C(=O)Nc1ccc(-c2ccsc2)c2cccnc12. The van der Waals surface area contributed by atoms with E-state index < -0.39 is 5.41 Å². The molecule has 3 nitrogen and oxygen atoms in total. The predicted molar refractivity (Wildman–Crippen MR) is 93.1 cm³/mol. The smallest absolute Gasteiger partial charge is 0.229 e. The minimum absolute atomic E-state index is 0.0114. The van der Waals surface area contributed by atoms with Crippen molar-refractivity contribution in [3.05, 3.63) is 47.3 Å². The number of aromatic nitrogens is 1. The second-order valence-corrected chi connectivity index (χ2v) is 7.06. The third-order valence-corrected chi connectivity index (χ3v) is 4.21. The largest absolute Gasteiger partial charge is 0.324 e. The highest BCUT2D eigenvalue weighted by Gasteiger charge is 2.22. The van der Waals surface area contributed by atoms with Crippen molar-refractivity contribution in [2.24, 2.45) is 5.41 Å². The molecule has 0 fully saturated rings. The molecule has 0 spiro atoms. The van der Waals surface area contributed by atoms with Gasteiger partial charge in [-0.1, -0.05) is 32.9 Å². The monoisotopic (exact) mass is 310 g/mol. The lowest BCUT2D eigenvalue weighted by Crippen LogP contribution is -2.27. The van der Waals surface area contributed by atoms with Gasteiger partial charge in [0, 0.05) is 17.0 Å². The van der Waals surface area contributed by atoms with Crippen molar-refractivity contribution in [2.45, 2.75) is 20.8 Å². The Bertz CT molecular complexity index is 817.